The first-order valence-electron chi connectivity index (χ1n) is 10.9. The van der Waals surface area contributed by atoms with Crippen molar-refractivity contribution >= 4 is 28.3 Å². The fraction of sp³-hybridized carbons (Fsp3) is 0.308. The third-order valence-corrected chi connectivity index (χ3v) is 6.21. The molecule has 1 fully saturated rings. The highest BCUT2D eigenvalue weighted by Crippen LogP contribution is 2.19. The second-order valence-electron chi connectivity index (χ2n) is 8.25. The summed E-state index contributed by atoms with van der Waals surface area (Å²) in [6.45, 7) is 6.67. The molecule has 3 aromatic carbocycles. The molecule has 4 rings (SSSR count). The van der Waals surface area contributed by atoms with Crippen molar-refractivity contribution in [3.8, 4) is 0 Å². The summed E-state index contributed by atoms with van der Waals surface area (Å²) >= 11 is 0. The molecule has 0 bridgehead atoms. The van der Waals surface area contributed by atoms with E-state index in [-0.39, 0.29) is 17.9 Å². The molecule has 0 saturated carbocycles. The molecule has 5 nitrogen and oxygen atoms in total. The first-order chi connectivity index (χ1) is 15.0. The number of benzene rings is 3. The highest BCUT2D eigenvalue weighted by molar-refractivity contribution is 5.97. The molecule has 31 heavy (non-hydrogen) atoms. The van der Waals surface area contributed by atoms with Crippen LogP contribution in [0.1, 0.15) is 18.1 Å². The Hall–Kier alpha value is -3.18. The number of rotatable bonds is 5. The lowest BCUT2D eigenvalue weighted by Gasteiger charge is -2.37. The summed E-state index contributed by atoms with van der Waals surface area (Å²) in [5, 5.41) is 5.30. The van der Waals surface area contributed by atoms with Gasteiger partial charge in [-0.15, -0.1) is 0 Å². The van der Waals surface area contributed by atoms with Gasteiger partial charge in [0.05, 0.1) is 12.5 Å². The summed E-state index contributed by atoms with van der Waals surface area (Å²) in [5.41, 5.74) is 3.04. The van der Waals surface area contributed by atoms with Crippen LogP contribution < -0.4 is 5.32 Å². The smallest absolute Gasteiger partial charge is 0.241 e. The molecule has 0 spiro atoms. The van der Waals surface area contributed by atoms with E-state index in [9.17, 15) is 9.59 Å². The average Bonchev–Trinajstić information content (AvgIpc) is 2.80. The largest absolute Gasteiger partial charge is 0.340 e. The Morgan fingerprint density at radius 1 is 0.903 bits per heavy atom. The van der Waals surface area contributed by atoms with Crippen molar-refractivity contribution in [3.63, 3.8) is 0 Å². The van der Waals surface area contributed by atoms with Gasteiger partial charge in [-0.05, 0) is 47.9 Å². The summed E-state index contributed by atoms with van der Waals surface area (Å²) < 4.78 is 0. The molecular weight excluding hydrogens is 386 g/mol. The number of nitrogens with one attached hydrogen (secondary N) is 1. The fourth-order valence-corrected chi connectivity index (χ4v) is 4.12. The minimum Gasteiger partial charge on any atom is -0.340 e. The van der Waals surface area contributed by atoms with Crippen LogP contribution >= 0.6 is 0 Å². The third-order valence-electron chi connectivity index (χ3n) is 6.21. The van der Waals surface area contributed by atoms with Gasteiger partial charge in [-0.3, -0.25) is 14.5 Å². The van der Waals surface area contributed by atoms with E-state index >= 15 is 0 Å². The number of amides is 2. The Morgan fingerprint density at radius 3 is 2.32 bits per heavy atom. The van der Waals surface area contributed by atoms with Crippen LogP contribution in [0.2, 0.25) is 0 Å². The van der Waals surface area contributed by atoms with Crippen molar-refractivity contribution in [2.75, 3.05) is 31.5 Å². The zero-order valence-electron chi connectivity index (χ0n) is 18.2. The van der Waals surface area contributed by atoms with Crippen LogP contribution in [0.4, 0.5) is 5.69 Å². The van der Waals surface area contributed by atoms with Crippen molar-refractivity contribution in [3.05, 3.63) is 77.9 Å². The summed E-state index contributed by atoms with van der Waals surface area (Å²) in [6, 6.07) is 21.8. The maximum Gasteiger partial charge on any atom is 0.241 e. The maximum absolute atomic E-state index is 12.8. The number of hydrogen-bond acceptors (Lipinski definition) is 3. The van der Waals surface area contributed by atoms with Gasteiger partial charge < -0.3 is 10.2 Å². The van der Waals surface area contributed by atoms with Crippen molar-refractivity contribution in [2.45, 2.75) is 26.3 Å². The average molecular weight is 416 g/mol. The molecule has 0 radical (unpaired) electrons. The van der Waals surface area contributed by atoms with Crippen LogP contribution in [0, 0.1) is 6.92 Å². The van der Waals surface area contributed by atoms with Gasteiger partial charge in [0.15, 0.2) is 0 Å². The Bertz CT molecular complexity index is 1090. The lowest BCUT2D eigenvalue weighted by molar-refractivity contribution is -0.133. The molecule has 1 unspecified atom stereocenters. The number of nitrogens with zero attached hydrogens (tertiary/aromatic N) is 2. The molecule has 1 saturated heterocycles. The van der Waals surface area contributed by atoms with Crippen molar-refractivity contribution in [2.24, 2.45) is 0 Å². The number of carbonyl (C=O) groups is 2. The van der Waals surface area contributed by atoms with Gasteiger partial charge in [-0.1, -0.05) is 54.6 Å². The van der Waals surface area contributed by atoms with E-state index in [1.165, 1.54) is 0 Å². The molecule has 1 N–H and O–H groups in total. The second kappa shape index (κ2) is 9.31. The Kier molecular flexibility index (Phi) is 6.33. The van der Waals surface area contributed by atoms with Crippen LogP contribution in [-0.2, 0) is 16.0 Å². The Balaban J connectivity index is 1.31. The molecule has 1 aliphatic rings. The molecule has 0 aliphatic carbocycles. The van der Waals surface area contributed by atoms with Gasteiger partial charge in [0.2, 0.25) is 11.8 Å². The first-order valence-corrected chi connectivity index (χ1v) is 10.9. The normalized spacial score (nSPS) is 15.6. The number of fused-ring (bicyclic) bond motifs is 1. The minimum absolute atomic E-state index is 0.0185. The van der Waals surface area contributed by atoms with Crippen molar-refractivity contribution in [1.82, 2.24) is 9.80 Å². The SMILES string of the molecule is Cc1ccccc1CC(=O)N1CCN(C(C)C(=O)Nc2ccc3ccccc3c2)CC1. The predicted molar refractivity (Wildman–Crippen MR) is 125 cm³/mol. The third kappa shape index (κ3) is 4.94. The van der Waals surface area contributed by atoms with Gasteiger partial charge >= 0.3 is 0 Å². The van der Waals surface area contributed by atoms with Gasteiger partial charge in [-0.25, -0.2) is 0 Å². The summed E-state index contributed by atoms with van der Waals surface area (Å²) in [5.74, 6) is 0.136. The zero-order chi connectivity index (χ0) is 21.8. The molecule has 0 aromatic heterocycles. The van der Waals surface area contributed by atoms with Crippen LogP contribution in [0.5, 0.6) is 0 Å². The van der Waals surface area contributed by atoms with E-state index in [4.69, 9.17) is 0 Å². The minimum atomic E-state index is -0.250. The molecule has 1 heterocycles. The molecule has 160 valence electrons. The van der Waals surface area contributed by atoms with E-state index < -0.39 is 0 Å². The van der Waals surface area contributed by atoms with Crippen LogP contribution in [0.3, 0.4) is 0 Å². The van der Waals surface area contributed by atoms with Gasteiger partial charge in [0, 0.05) is 31.9 Å². The van der Waals surface area contributed by atoms with Gasteiger partial charge in [0.25, 0.3) is 0 Å². The van der Waals surface area contributed by atoms with Crippen LogP contribution in [0.25, 0.3) is 10.8 Å². The van der Waals surface area contributed by atoms with E-state index in [0.717, 1.165) is 27.6 Å². The quantitative estimate of drug-likeness (QED) is 0.688. The number of aryl methyl sites for hydroxylation is 1. The maximum atomic E-state index is 12.8. The lowest BCUT2D eigenvalue weighted by Crippen LogP contribution is -2.54. The molecule has 1 atom stereocenters. The first kappa shape index (κ1) is 21.1. The van der Waals surface area contributed by atoms with Gasteiger partial charge in [0.1, 0.15) is 0 Å². The predicted octanol–water partition coefficient (Wildman–Crippen LogP) is 3.86. The highest BCUT2D eigenvalue weighted by Gasteiger charge is 2.27. The molecule has 2 amide bonds. The molecular formula is C26H29N3O2. The van der Waals surface area contributed by atoms with Gasteiger partial charge in [-0.2, -0.15) is 0 Å². The lowest BCUT2D eigenvalue weighted by atomic mass is 10.0. The second-order valence-corrected chi connectivity index (χ2v) is 8.25. The topological polar surface area (TPSA) is 52.7 Å². The van der Waals surface area contributed by atoms with Crippen molar-refractivity contribution < 1.29 is 9.59 Å². The standard InChI is InChI=1S/C26H29N3O2/c1-19-7-3-4-9-22(19)18-25(30)29-15-13-28(14-16-29)20(2)26(31)27-24-12-11-21-8-5-6-10-23(21)17-24/h3-12,17,20H,13-16,18H2,1-2H3,(H,27,31). The number of anilines is 1. The highest BCUT2D eigenvalue weighted by atomic mass is 16.2. The molecule has 5 heteroatoms. The van der Waals surface area contributed by atoms with E-state index in [1.54, 1.807) is 0 Å². The number of carbonyl (C=O) groups excluding carboxylic acids is 2. The monoisotopic (exact) mass is 415 g/mol. The van der Waals surface area contributed by atoms with E-state index in [1.807, 2.05) is 79.4 Å². The number of piperazine rings is 1. The van der Waals surface area contributed by atoms with E-state index in [2.05, 4.69) is 16.3 Å². The summed E-state index contributed by atoms with van der Waals surface area (Å²) in [4.78, 5) is 29.6. The van der Waals surface area contributed by atoms with Crippen molar-refractivity contribution in [1.29, 1.82) is 0 Å². The van der Waals surface area contributed by atoms with Crippen LogP contribution in [-0.4, -0.2) is 53.8 Å². The Morgan fingerprint density at radius 2 is 1.58 bits per heavy atom. The zero-order valence-corrected chi connectivity index (χ0v) is 18.2. The summed E-state index contributed by atoms with van der Waals surface area (Å²) in [7, 11) is 0. The molecule has 1 aliphatic heterocycles. The number of hydrogen-bond donors (Lipinski definition) is 1. The fourth-order valence-electron chi connectivity index (χ4n) is 4.12. The summed E-state index contributed by atoms with van der Waals surface area (Å²) in [6.07, 6.45) is 0.435. The molecule has 3 aromatic rings. The Labute approximate surface area is 183 Å². The van der Waals surface area contributed by atoms with Crippen LogP contribution in [0.15, 0.2) is 66.7 Å². The van der Waals surface area contributed by atoms with E-state index in [0.29, 0.717) is 32.6 Å².